The van der Waals surface area contributed by atoms with Crippen LogP contribution in [0.15, 0.2) is 72.8 Å². The number of carbonyl (C=O) groups excluding carboxylic acids is 2. The molecule has 0 saturated heterocycles. The smallest absolute Gasteiger partial charge is 0.243 e. The lowest BCUT2D eigenvalue weighted by Gasteiger charge is -2.31. The number of carbonyl (C=O) groups is 2. The van der Waals surface area contributed by atoms with Gasteiger partial charge in [-0.2, -0.15) is 0 Å². The molecule has 3 rings (SSSR count). The highest BCUT2D eigenvalue weighted by Gasteiger charge is 2.30. The zero-order valence-electron chi connectivity index (χ0n) is 20.8. The molecule has 0 aliphatic carbocycles. The molecule has 0 aliphatic rings. The van der Waals surface area contributed by atoms with Crippen LogP contribution in [0.5, 0.6) is 0 Å². The van der Waals surface area contributed by atoms with Gasteiger partial charge in [0.2, 0.25) is 11.8 Å². The highest BCUT2D eigenvalue weighted by atomic mass is 35.5. The Labute approximate surface area is 226 Å². The van der Waals surface area contributed by atoms with Gasteiger partial charge in [0.15, 0.2) is 0 Å². The van der Waals surface area contributed by atoms with E-state index in [1.54, 1.807) is 18.2 Å². The minimum Gasteiger partial charge on any atom is -0.354 e. The van der Waals surface area contributed by atoms with Gasteiger partial charge in [0.25, 0.3) is 0 Å². The largest absolute Gasteiger partial charge is 0.354 e. The molecule has 2 amide bonds. The molecule has 0 aromatic heterocycles. The maximum Gasteiger partial charge on any atom is 0.243 e. The van der Waals surface area contributed by atoms with Crippen molar-refractivity contribution in [2.45, 2.75) is 44.5 Å². The summed E-state index contributed by atoms with van der Waals surface area (Å²) in [5, 5.41) is 3.27. The van der Waals surface area contributed by atoms with Gasteiger partial charge in [-0.1, -0.05) is 73.5 Å². The Bertz CT molecular complexity index is 1140. The zero-order valence-corrected chi connectivity index (χ0v) is 22.3. The van der Waals surface area contributed by atoms with Crippen molar-refractivity contribution < 1.29 is 18.4 Å². The van der Waals surface area contributed by atoms with Gasteiger partial charge in [-0.15, -0.1) is 11.8 Å². The summed E-state index contributed by atoms with van der Waals surface area (Å²) < 4.78 is 27.7. The van der Waals surface area contributed by atoms with Gasteiger partial charge in [0.05, 0.1) is 5.75 Å². The number of nitrogens with one attached hydrogen (secondary N) is 1. The molecule has 0 bridgehead atoms. The summed E-state index contributed by atoms with van der Waals surface area (Å²) in [7, 11) is 0. The first-order chi connectivity index (χ1) is 17.9. The van der Waals surface area contributed by atoms with E-state index in [-0.39, 0.29) is 35.7 Å². The molecule has 0 radical (unpaired) electrons. The molecule has 3 aromatic carbocycles. The number of halogens is 3. The predicted molar refractivity (Wildman–Crippen MR) is 146 cm³/mol. The monoisotopic (exact) mass is 544 g/mol. The van der Waals surface area contributed by atoms with Gasteiger partial charge in [-0.25, -0.2) is 8.78 Å². The van der Waals surface area contributed by atoms with Crippen molar-refractivity contribution in [1.82, 2.24) is 10.2 Å². The summed E-state index contributed by atoms with van der Waals surface area (Å²) in [5.41, 5.74) is 1.96. The molecule has 0 heterocycles. The second-order valence-corrected chi connectivity index (χ2v) is 10.1. The van der Waals surface area contributed by atoms with E-state index in [9.17, 15) is 18.4 Å². The molecular weight excluding hydrogens is 514 g/mol. The number of unbranched alkanes of at least 4 members (excludes halogenated alkanes) is 1. The van der Waals surface area contributed by atoms with Crippen molar-refractivity contribution >= 4 is 35.2 Å². The van der Waals surface area contributed by atoms with Crippen molar-refractivity contribution in [3.8, 4) is 0 Å². The molecule has 0 saturated carbocycles. The lowest BCUT2D eigenvalue weighted by Crippen LogP contribution is -2.51. The fourth-order valence-corrected chi connectivity index (χ4v) is 5.09. The van der Waals surface area contributed by atoms with Crippen molar-refractivity contribution in [3.63, 3.8) is 0 Å². The van der Waals surface area contributed by atoms with E-state index in [4.69, 9.17) is 11.6 Å². The highest BCUT2D eigenvalue weighted by Crippen LogP contribution is 2.25. The van der Waals surface area contributed by atoms with Crippen LogP contribution in [-0.4, -0.2) is 35.1 Å². The van der Waals surface area contributed by atoms with Gasteiger partial charge in [-0.05, 0) is 41.8 Å². The normalized spacial score (nSPS) is 11.7. The first-order valence-electron chi connectivity index (χ1n) is 12.2. The lowest BCUT2D eigenvalue weighted by molar-refractivity contribution is -0.139. The number of hydrogen-bond acceptors (Lipinski definition) is 3. The van der Waals surface area contributed by atoms with Gasteiger partial charge in [0.1, 0.15) is 17.7 Å². The van der Waals surface area contributed by atoms with Crippen LogP contribution in [0.2, 0.25) is 5.02 Å². The van der Waals surface area contributed by atoms with E-state index < -0.39 is 11.9 Å². The first-order valence-corrected chi connectivity index (χ1v) is 13.8. The second kappa shape index (κ2) is 14.7. The second-order valence-electron chi connectivity index (χ2n) is 8.69. The quantitative estimate of drug-likeness (QED) is 0.253. The van der Waals surface area contributed by atoms with Crippen molar-refractivity contribution in [2.24, 2.45) is 0 Å². The molecular formula is C29H31ClF2N2O2S. The standard InChI is InChI=1S/C29H31ClF2N2O2S/c1-2-3-16-33-29(36)27(17-21-8-5-4-6-9-21)34(18-22-12-14-23(31)15-13-22)28(35)20-37-19-24-25(30)10-7-11-26(24)32/h4-15,27H,2-3,16-20H2,1H3,(H,33,36). The summed E-state index contributed by atoms with van der Waals surface area (Å²) in [4.78, 5) is 28.5. The number of hydrogen-bond donors (Lipinski definition) is 1. The van der Waals surface area contributed by atoms with E-state index in [0.29, 0.717) is 29.1 Å². The van der Waals surface area contributed by atoms with Gasteiger partial charge >= 0.3 is 0 Å². The third-order valence-corrected chi connectivity index (χ3v) is 7.20. The van der Waals surface area contributed by atoms with Crippen LogP contribution in [0, 0.1) is 11.6 Å². The van der Waals surface area contributed by atoms with Gasteiger partial charge < -0.3 is 10.2 Å². The average Bonchev–Trinajstić information content (AvgIpc) is 2.89. The Morgan fingerprint density at radius 3 is 2.38 bits per heavy atom. The van der Waals surface area contributed by atoms with Crippen molar-refractivity contribution in [1.29, 1.82) is 0 Å². The summed E-state index contributed by atoms with van der Waals surface area (Å²) >= 11 is 7.37. The molecule has 37 heavy (non-hydrogen) atoms. The van der Waals surface area contributed by atoms with Crippen molar-refractivity contribution in [3.05, 3.63) is 106 Å². The maximum atomic E-state index is 14.2. The lowest BCUT2D eigenvalue weighted by atomic mass is 10.0. The first kappa shape index (κ1) is 28.7. The summed E-state index contributed by atoms with van der Waals surface area (Å²) in [6.07, 6.45) is 2.08. The molecule has 4 nitrogen and oxygen atoms in total. The topological polar surface area (TPSA) is 49.4 Å². The molecule has 0 fully saturated rings. The number of rotatable bonds is 13. The van der Waals surface area contributed by atoms with Crippen LogP contribution in [0.4, 0.5) is 8.78 Å². The summed E-state index contributed by atoms with van der Waals surface area (Å²) in [6, 6.07) is 19.1. The third-order valence-electron chi connectivity index (χ3n) is 5.90. The number of thioether (sulfide) groups is 1. The van der Waals surface area contributed by atoms with E-state index in [2.05, 4.69) is 5.32 Å². The van der Waals surface area contributed by atoms with Crippen LogP contribution in [0.3, 0.4) is 0 Å². The van der Waals surface area contributed by atoms with E-state index in [1.807, 2.05) is 37.3 Å². The molecule has 1 unspecified atom stereocenters. The average molecular weight is 545 g/mol. The van der Waals surface area contributed by atoms with E-state index >= 15 is 0 Å². The molecule has 8 heteroatoms. The summed E-state index contributed by atoms with van der Waals surface area (Å²) in [6.45, 7) is 2.69. The fraction of sp³-hybridized carbons (Fsp3) is 0.310. The number of benzene rings is 3. The van der Waals surface area contributed by atoms with Crippen LogP contribution in [0.1, 0.15) is 36.5 Å². The minimum absolute atomic E-state index is 0.0272. The number of nitrogens with zero attached hydrogens (tertiary/aromatic N) is 1. The van der Waals surface area contributed by atoms with Crippen molar-refractivity contribution in [2.75, 3.05) is 12.3 Å². The third kappa shape index (κ3) is 8.86. The maximum absolute atomic E-state index is 14.2. The van der Waals surface area contributed by atoms with Gasteiger partial charge in [-0.3, -0.25) is 9.59 Å². The van der Waals surface area contributed by atoms with Crippen LogP contribution in [-0.2, 0) is 28.3 Å². The van der Waals surface area contributed by atoms with Crippen LogP contribution < -0.4 is 5.32 Å². The van der Waals surface area contributed by atoms with Crippen LogP contribution in [0.25, 0.3) is 0 Å². The SMILES string of the molecule is CCCCNC(=O)C(Cc1ccccc1)N(Cc1ccc(F)cc1)C(=O)CSCc1c(F)cccc1Cl. The minimum atomic E-state index is -0.769. The van der Waals surface area contributed by atoms with E-state index in [1.165, 1.54) is 40.9 Å². The molecule has 0 spiro atoms. The summed E-state index contributed by atoms with van der Waals surface area (Å²) in [5.74, 6) is -1.07. The Kier molecular flexibility index (Phi) is 11.4. The molecule has 3 aromatic rings. The van der Waals surface area contributed by atoms with Gasteiger partial charge in [0, 0.05) is 35.8 Å². The number of amides is 2. The van der Waals surface area contributed by atoms with Crippen LogP contribution >= 0.6 is 23.4 Å². The Balaban J connectivity index is 1.84. The highest BCUT2D eigenvalue weighted by molar-refractivity contribution is 7.99. The molecule has 196 valence electrons. The zero-order chi connectivity index (χ0) is 26.6. The molecule has 1 N–H and O–H groups in total. The molecule has 1 atom stereocenters. The molecule has 0 aliphatic heterocycles. The Morgan fingerprint density at radius 1 is 0.973 bits per heavy atom. The predicted octanol–water partition coefficient (Wildman–Crippen LogP) is 6.41. The Hall–Kier alpha value is -2.90. The Morgan fingerprint density at radius 2 is 1.70 bits per heavy atom. The fourth-order valence-electron chi connectivity index (χ4n) is 3.84. The van der Waals surface area contributed by atoms with E-state index in [0.717, 1.165) is 18.4 Å².